The standard InChI is InChI=1S/C8H17N3O.ClH/c1-6(4-9)11-8(12)7-2-3-10-5-7;/h6-7,10H,2-5,9H2,1H3,(H,11,12);1H/t6-,7+;/m0./s1. The predicted molar refractivity (Wildman–Crippen MR) is 54.9 cm³/mol. The van der Waals surface area contributed by atoms with Gasteiger partial charge in [-0.05, 0) is 19.9 Å². The minimum absolute atomic E-state index is 0. The fourth-order valence-electron chi connectivity index (χ4n) is 1.30. The van der Waals surface area contributed by atoms with Crippen molar-refractivity contribution in [1.82, 2.24) is 10.6 Å². The van der Waals surface area contributed by atoms with Crippen molar-refractivity contribution in [3.05, 3.63) is 0 Å². The summed E-state index contributed by atoms with van der Waals surface area (Å²) in [6, 6.07) is 0.0955. The second kappa shape index (κ2) is 6.18. The maximum atomic E-state index is 11.4. The van der Waals surface area contributed by atoms with Crippen molar-refractivity contribution in [2.45, 2.75) is 19.4 Å². The van der Waals surface area contributed by atoms with E-state index in [4.69, 9.17) is 5.73 Å². The molecule has 0 saturated carbocycles. The third kappa shape index (κ3) is 3.93. The normalized spacial score (nSPS) is 23.4. The molecule has 0 unspecified atom stereocenters. The molecule has 0 aromatic heterocycles. The minimum atomic E-state index is 0. The summed E-state index contributed by atoms with van der Waals surface area (Å²) in [5, 5.41) is 6.02. The van der Waals surface area contributed by atoms with Gasteiger partial charge in [0.25, 0.3) is 0 Å². The molecule has 1 rings (SSSR count). The summed E-state index contributed by atoms with van der Waals surface area (Å²) < 4.78 is 0. The Bertz CT molecular complexity index is 159. The van der Waals surface area contributed by atoms with Gasteiger partial charge < -0.3 is 16.4 Å². The number of rotatable bonds is 3. The van der Waals surface area contributed by atoms with E-state index in [1.165, 1.54) is 0 Å². The first-order valence-corrected chi connectivity index (χ1v) is 4.45. The van der Waals surface area contributed by atoms with Gasteiger partial charge in [-0.2, -0.15) is 0 Å². The smallest absolute Gasteiger partial charge is 0.224 e. The Morgan fingerprint density at radius 1 is 1.77 bits per heavy atom. The number of nitrogens with two attached hydrogens (primary N) is 1. The van der Waals surface area contributed by atoms with Crippen LogP contribution in [0, 0.1) is 5.92 Å². The molecule has 0 aliphatic carbocycles. The SMILES string of the molecule is C[C@@H](CN)NC(=O)[C@@H]1CCNC1.Cl. The summed E-state index contributed by atoms with van der Waals surface area (Å²) >= 11 is 0. The lowest BCUT2D eigenvalue weighted by molar-refractivity contribution is -0.124. The van der Waals surface area contributed by atoms with Gasteiger partial charge in [0, 0.05) is 19.1 Å². The van der Waals surface area contributed by atoms with Crippen LogP contribution in [0.15, 0.2) is 0 Å². The van der Waals surface area contributed by atoms with E-state index in [1.807, 2.05) is 6.92 Å². The second-order valence-corrected chi connectivity index (χ2v) is 3.34. The van der Waals surface area contributed by atoms with Crippen LogP contribution >= 0.6 is 12.4 Å². The Morgan fingerprint density at radius 3 is 2.92 bits per heavy atom. The zero-order valence-corrected chi connectivity index (χ0v) is 8.69. The zero-order valence-electron chi connectivity index (χ0n) is 7.88. The topological polar surface area (TPSA) is 67.1 Å². The lowest BCUT2D eigenvalue weighted by Gasteiger charge is -2.14. The Hall–Kier alpha value is -0.320. The van der Waals surface area contributed by atoms with Crippen LogP contribution in [0.5, 0.6) is 0 Å². The first-order valence-electron chi connectivity index (χ1n) is 4.45. The van der Waals surface area contributed by atoms with Crippen molar-refractivity contribution in [2.24, 2.45) is 11.7 Å². The molecule has 0 radical (unpaired) electrons. The summed E-state index contributed by atoms with van der Waals surface area (Å²) in [7, 11) is 0. The van der Waals surface area contributed by atoms with Crippen LogP contribution in [0.1, 0.15) is 13.3 Å². The third-order valence-corrected chi connectivity index (χ3v) is 2.17. The molecule has 13 heavy (non-hydrogen) atoms. The van der Waals surface area contributed by atoms with Gasteiger partial charge in [-0.25, -0.2) is 0 Å². The Balaban J connectivity index is 0.00000144. The molecule has 2 atom stereocenters. The third-order valence-electron chi connectivity index (χ3n) is 2.17. The Kier molecular flexibility index (Phi) is 6.03. The summed E-state index contributed by atoms with van der Waals surface area (Å²) in [4.78, 5) is 11.4. The van der Waals surface area contributed by atoms with E-state index in [1.54, 1.807) is 0 Å². The largest absolute Gasteiger partial charge is 0.352 e. The number of carbonyl (C=O) groups excluding carboxylic acids is 1. The monoisotopic (exact) mass is 207 g/mol. The average Bonchev–Trinajstić information content (AvgIpc) is 2.56. The molecule has 1 aliphatic rings. The van der Waals surface area contributed by atoms with Gasteiger partial charge in [0.05, 0.1) is 5.92 Å². The molecule has 78 valence electrons. The van der Waals surface area contributed by atoms with Crippen molar-refractivity contribution in [1.29, 1.82) is 0 Å². The van der Waals surface area contributed by atoms with Gasteiger partial charge in [-0.3, -0.25) is 4.79 Å². The van der Waals surface area contributed by atoms with Gasteiger partial charge in [0.15, 0.2) is 0 Å². The molecule has 4 N–H and O–H groups in total. The van der Waals surface area contributed by atoms with Crippen LogP contribution in [0.2, 0.25) is 0 Å². The molecule has 0 spiro atoms. The van der Waals surface area contributed by atoms with Crippen molar-refractivity contribution in [3.63, 3.8) is 0 Å². The predicted octanol–water partition coefficient (Wildman–Crippen LogP) is -0.519. The van der Waals surface area contributed by atoms with Crippen LogP contribution < -0.4 is 16.4 Å². The number of hydrogen-bond acceptors (Lipinski definition) is 3. The summed E-state index contributed by atoms with van der Waals surface area (Å²) in [5.74, 6) is 0.289. The highest BCUT2D eigenvalue weighted by atomic mass is 35.5. The maximum Gasteiger partial charge on any atom is 0.224 e. The van der Waals surface area contributed by atoms with E-state index in [9.17, 15) is 4.79 Å². The van der Waals surface area contributed by atoms with Gasteiger partial charge in [-0.15, -0.1) is 12.4 Å². The minimum Gasteiger partial charge on any atom is -0.352 e. The van der Waals surface area contributed by atoms with E-state index in [0.29, 0.717) is 6.54 Å². The fourth-order valence-corrected chi connectivity index (χ4v) is 1.30. The summed E-state index contributed by atoms with van der Waals surface area (Å²) in [6.45, 7) is 4.18. The quantitative estimate of drug-likeness (QED) is 0.584. The van der Waals surface area contributed by atoms with Crippen LogP contribution in [-0.4, -0.2) is 31.6 Å². The van der Waals surface area contributed by atoms with Crippen LogP contribution in [-0.2, 0) is 4.79 Å². The fraction of sp³-hybridized carbons (Fsp3) is 0.875. The lowest BCUT2D eigenvalue weighted by atomic mass is 10.1. The Morgan fingerprint density at radius 2 is 2.46 bits per heavy atom. The van der Waals surface area contributed by atoms with E-state index in [-0.39, 0.29) is 30.3 Å². The molecule has 1 amide bonds. The number of carbonyl (C=O) groups is 1. The maximum absolute atomic E-state index is 11.4. The number of hydrogen-bond donors (Lipinski definition) is 3. The molecule has 1 heterocycles. The highest BCUT2D eigenvalue weighted by molar-refractivity contribution is 5.85. The van der Waals surface area contributed by atoms with E-state index in [2.05, 4.69) is 10.6 Å². The molecular formula is C8H18ClN3O. The van der Waals surface area contributed by atoms with Crippen LogP contribution in [0.3, 0.4) is 0 Å². The zero-order chi connectivity index (χ0) is 8.97. The Labute approximate surface area is 85.0 Å². The number of halogens is 1. The van der Waals surface area contributed by atoms with Gasteiger partial charge in [-0.1, -0.05) is 0 Å². The molecule has 1 fully saturated rings. The number of amides is 1. The highest BCUT2D eigenvalue weighted by Gasteiger charge is 2.22. The average molecular weight is 208 g/mol. The molecule has 0 bridgehead atoms. The van der Waals surface area contributed by atoms with E-state index >= 15 is 0 Å². The molecule has 0 aromatic carbocycles. The van der Waals surface area contributed by atoms with Crippen molar-refractivity contribution >= 4 is 18.3 Å². The first-order chi connectivity index (χ1) is 5.74. The van der Waals surface area contributed by atoms with Crippen LogP contribution in [0.4, 0.5) is 0 Å². The van der Waals surface area contributed by atoms with Gasteiger partial charge in [0.2, 0.25) is 5.91 Å². The lowest BCUT2D eigenvalue weighted by Crippen LogP contribution is -2.41. The molecule has 0 aromatic rings. The molecule has 1 aliphatic heterocycles. The second-order valence-electron chi connectivity index (χ2n) is 3.34. The molecule has 4 nitrogen and oxygen atoms in total. The van der Waals surface area contributed by atoms with Gasteiger partial charge >= 0.3 is 0 Å². The van der Waals surface area contributed by atoms with Crippen molar-refractivity contribution < 1.29 is 4.79 Å². The van der Waals surface area contributed by atoms with E-state index in [0.717, 1.165) is 19.5 Å². The highest BCUT2D eigenvalue weighted by Crippen LogP contribution is 2.06. The summed E-state index contributed by atoms with van der Waals surface area (Å²) in [5.41, 5.74) is 5.39. The van der Waals surface area contributed by atoms with Gasteiger partial charge in [0.1, 0.15) is 0 Å². The molecule has 5 heteroatoms. The molecular weight excluding hydrogens is 190 g/mol. The summed E-state index contributed by atoms with van der Waals surface area (Å²) in [6.07, 6.45) is 0.948. The van der Waals surface area contributed by atoms with Crippen molar-refractivity contribution in [3.8, 4) is 0 Å². The molecule has 1 saturated heterocycles. The van der Waals surface area contributed by atoms with E-state index < -0.39 is 0 Å². The first kappa shape index (κ1) is 12.7. The number of nitrogens with one attached hydrogen (secondary N) is 2. The van der Waals surface area contributed by atoms with Crippen molar-refractivity contribution in [2.75, 3.05) is 19.6 Å². The van der Waals surface area contributed by atoms with Crippen LogP contribution in [0.25, 0.3) is 0 Å².